The molecule has 1 heteroatoms. The summed E-state index contributed by atoms with van der Waals surface area (Å²) in [5, 5.41) is 0. The number of piperidine rings is 1. The molecule has 1 nitrogen and oxygen atoms in total. The predicted octanol–water partition coefficient (Wildman–Crippen LogP) is 5.15. The molecular formula is C17H36N+. The molecule has 0 aromatic heterocycles. The Morgan fingerprint density at radius 2 is 1.22 bits per heavy atom. The van der Waals surface area contributed by atoms with E-state index in [1.165, 1.54) is 101 Å². The van der Waals surface area contributed by atoms with E-state index in [0.29, 0.717) is 0 Å². The van der Waals surface area contributed by atoms with Crippen molar-refractivity contribution in [1.29, 1.82) is 0 Å². The van der Waals surface area contributed by atoms with Crippen molar-refractivity contribution in [3.8, 4) is 0 Å². The summed E-state index contributed by atoms with van der Waals surface area (Å²) in [6.07, 6.45) is 16.1. The lowest BCUT2D eigenvalue weighted by atomic mass is 10.0. The first-order valence-electron chi connectivity index (χ1n) is 8.68. The van der Waals surface area contributed by atoms with Gasteiger partial charge in [0.25, 0.3) is 0 Å². The lowest BCUT2D eigenvalue weighted by molar-refractivity contribution is -0.931. The zero-order valence-electron chi connectivity index (χ0n) is 13.1. The number of rotatable bonds is 10. The van der Waals surface area contributed by atoms with Gasteiger partial charge in [-0.2, -0.15) is 0 Å². The van der Waals surface area contributed by atoms with Gasteiger partial charge in [-0.1, -0.05) is 45.4 Å². The van der Waals surface area contributed by atoms with Crippen LogP contribution in [0.1, 0.15) is 84.5 Å². The summed E-state index contributed by atoms with van der Waals surface area (Å²) in [4.78, 5) is 0. The largest absolute Gasteiger partial charge is 0.324 e. The van der Waals surface area contributed by atoms with Crippen LogP contribution in [0.25, 0.3) is 0 Å². The number of unbranched alkanes of at least 4 members (excludes halogenated alkanes) is 7. The van der Waals surface area contributed by atoms with Crippen LogP contribution >= 0.6 is 0 Å². The maximum Gasteiger partial charge on any atom is 0.0786 e. The van der Waals surface area contributed by atoms with Crippen LogP contribution in [0.4, 0.5) is 0 Å². The van der Waals surface area contributed by atoms with E-state index in [4.69, 9.17) is 0 Å². The number of quaternary nitrogens is 1. The van der Waals surface area contributed by atoms with Crippen molar-refractivity contribution in [3.63, 3.8) is 0 Å². The summed E-state index contributed by atoms with van der Waals surface area (Å²) in [6.45, 7) is 10.5. The van der Waals surface area contributed by atoms with Crippen molar-refractivity contribution in [1.82, 2.24) is 0 Å². The summed E-state index contributed by atoms with van der Waals surface area (Å²) in [5.74, 6) is 0. The van der Waals surface area contributed by atoms with Crippen molar-refractivity contribution in [2.75, 3.05) is 26.2 Å². The second-order valence-corrected chi connectivity index (χ2v) is 6.36. The molecule has 1 fully saturated rings. The molecule has 0 aliphatic carbocycles. The first-order chi connectivity index (χ1) is 8.83. The van der Waals surface area contributed by atoms with Crippen LogP contribution in [0.5, 0.6) is 0 Å². The molecule has 0 aromatic carbocycles. The lowest BCUT2D eigenvalue weighted by Crippen LogP contribution is -2.51. The van der Waals surface area contributed by atoms with Crippen LogP contribution in [0, 0.1) is 0 Å². The zero-order chi connectivity index (χ0) is 13.1. The maximum absolute atomic E-state index is 2.40. The SMILES string of the molecule is CCCCCCCCCC[N+]1(CC)CCCCC1. The molecule has 18 heavy (non-hydrogen) atoms. The van der Waals surface area contributed by atoms with Gasteiger partial charge in [0.1, 0.15) is 0 Å². The van der Waals surface area contributed by atoms with Gasteiger partial charge in [0.15, 0.2) is 0 Å². The molecule has 0 bridgehead atoms. The minimum Gasteiger partial charge on any atom is -0.324 e. The Morgan fingerprint density at radius 1 is 0.667 bits per heavy atom. The molecule has 1 saturated heterocycles. The molecule has 1 rings (SSSR count). The average molecular weight is 254 g/mol. The van der Waals surface area contributed by atoms with Crippen LogP contribution in [0.3, 0.4) is 0 Å². The first kappa shape index (κ1) is 16.0. The highest BCUT2D eigenvalue weighted by atomic mass is 15.3. The monoisotopic (exact) mass is 254 g/mol. The quantitative estimate of drug-likeness (QED) is 0.374. The molecule has 0 unspecified atom stereocenters. The first-order valence-corrected chi connectivity index (χ1v) is 8.68. The Morgan fingerprint density at radius 3 is 1.78 bits per heavy atom. The minimum absolute atomic E-state index is 1.37. The molecule has 0 radical (unpaired) electrons. The fourth-order valence-electron chi connectivity index (χ4n) is 3.46. The molecule has 0 aromatic rings. The van der Waals surface area contributed by atoms with Crippen molar-refractivity contribution < 1.29 is 4.48 Å². The van der Waals surface area contributed by atoms with E-state index in [9.17, 15) is 0 Å². The number of hydrogen-bond donors (Lipinski definition) is 0. The third kappa shape index (κ3) is 6.22. The van der Waals surface area contributed by atoms with Crippen LogP contribution in [-0.4, -0.2) is 30.7 Å². The van der Waals surface area contributed by atoms with Crippen LogP contribution in [-0.2, 0) is 0 Å². The molecule has 0 amide bonds. The Bertz CT molecular complexity index is 182. The van der Waals surface area contributed by atoms with Gasteiger partial charge in [-0.15, -0.1) is 0 Å². The van der Waals surface area contributed by atoms with Gasteiger partial charge in [-0.3, -0.25) is 0 Å². The standard InChI is InChI=1S/C17H36N/c1-3-5-6-7-8-9-10-12-15-18(4-2)16-13-11-14-17-18/h3-17H2,1-2H3/q+1. The van der Waals surface area contributed by atoms with E-state index in [1.54, 1.807) is 0 Å². The Balaban J connectivity index is 1.98. The van der Waals surface area contributed by atoms with Gasteiger partial charge in [-0.05, 0) is 39.0 Å². The summed E-state index contributed by atoms with van der Waals surface area (Å²) in [6, 6.07) is 0. The molecule has 108 valence electrons. The average Bonchev–Trinajstić information content (AvgIpc) is 2.43. The van der Waals surface area contributed by atoms with Gasteiger partial charge in [0, 0.05) is 0 Å². The molecule has 1 heterocycles. The zero-order valence-corrected chi connectivity index (χ0v) is 13.1. The Kier molecular flexibility index (Phi) is 8.75. The van der Waals surface area contributed by atoms with E-state index in [2.05, 4.69) is 13.8 Å². The molecule has 0 atom stereocenters. The minimum atomic E-state index is 1.37. The molecule has 0 N–H and O–H groups in total. The highest BCUT2D eigenvalue weighted by Crippen LogP contribution is 2.20. The van der Waals surface area contributed by atoms with E-state index in [0.717, 1.165) is 0 Å². The van der Waals surface area contributed by atoms with Gasteiger partial charge >= 0.3 is 0 Å². The van der Waals surface area contributed by atoms with E-state index in [-0.39, 0.29) is 0 Å². The molecular weight excluding hydrogens is 218 g/mol. The van der Waals surface area contributed by atoms with Crippen molar-refractivity contribution >= 4 is 0 Å². The lowest BCUT2D eigenvalue weighted by Gasteiger charge is -2.41. The van der Waals surface area contributed by atoms with Crippen LogP contribution in [0.15, 0.2) is 0 Å². The topological polar surface area (TPSA) is 0 Å². The number of likely N-dealkylation sites (tertiary alicyclic amines) is 1. The highest BCUT2D eigenvalue weighted by Gasteiger charge is 2.26. The van der Waals surface area contributed by atoms with Gasteiger partial charge in [0.2, 0.25) is 0 Å². The fraction of sp³-hybridized carbons (Fsp3) is 1.00. The third-order valence-corrected chi connectivity index (χ3v) is 4.92. The van der Waals surface area contributed by atoms with Crippen LogP contribution < -0.4 is 0 Å². The van der Waals surface area contributed by atoms with Crippen molar-refractivity contribution in [2.45, 2.75) is 84.5 Å². The summed E-state index contributed by atoms with van der Waals surface area (Å²) >= 11 is 0. The van der Waals surface area contributed by atoms with E-state index < -0.39 is 0 Å². The van der Waals surface area contributed by atoms with Gasteiger partial charge in [0.05, 0.1) is 26.2 Å². The smallest absolute Gasteiger partial charge is 0.0786 e. The Labute approximate surface area is 116 Å². The number of hydrogen-bond acceptors (Lipinski definition) is 0. The van der Waals surface area contributed by atoms with E-state index in [1.807, 2.05) is 0 Å². The van der Waals surface area contributed by atoms with Crippen molar-refractivity contribution in [3.05, 3.63) is 0 Å². The van der Waals surface area contributed by atoms with Crippen LogP contribution in [0.2, 0.25) is 0 Å². The third-order valence-electron chi connectivity index (χ3n) is 4.92. The fourth-order valence-corrected chi connectivity index (χ4v) is 3.46. The number of nitrogens with zero attached hydrogens (tertiary/aromatic N) is 1. The second kappa shape index (κ2) is 9.83. The van der Waals surface area contributed by atoms with Gasteiger partial charge < -0.3 is 4.48 Å². The van der Waals surface area contributed by atoms with Gasteiger partial charge in [-0.25, -0.2) is 0 Å². The molecule has 0 spiro atoms. The summed E-state index contributed by atoms with van der Waals surface area (Å²) in [7, 11) is 0. The van der Waals surface area contributed by atoms with Crippen molar-refractivity contribution in [2.24, 2.45) is 0 Å². The second-order valence-electron chi connectivity index (χ2n) is 6.36. The Hall–Kier alpha value is -0.0400. The summed E-state index contributed by atoms with van der Waals surface area (Å²) < 4.78 is 1.44. The molecule has 1 aliphatic heterocycles. The molecule has 1 aliphatic rings. The predicted molar refractivity (Wildman–Crippen MR) is 81.9 cm³/mol. The molecule has 0 saturated carbocycles. The maximum atomic E-state index is 2.40. The highest BCUT2D eigenvalue weighted by molar-refractivity contribution is 4.54. The summed E-state index contributed by atoms with van der Waals surface area (Å²) in [5.41, 5.74) is 0. The normalized spacial score (nSPS) is 19.0. The van der Waals surface area contributed by atoms with E-state index >= 15 is 0 Å².